The number of aryl methyl sites for hydroxylation is 1. The second-order valence-electron chi connectivity index (χ2n) is 9.07. The number of aromatic nitrogens is 1. The van der Waals surface area contributed by atoms with Crippen LogP contribution in [-0.4, -0.2) is 53.2 Å². The second-order valence-corrected chi connectivity index (χ2v) is 10.3. The fourth-order valence-corrected chi connectivity index (χ4v) is 6.47. The van der Waals surface area contributed by atoms with Crippen molar-refractivity contribution in [3.8, 4) is 0 Å². The molecule has 0 N–H and O–H groups in total. The number of thiazole rings is 1. The molecule has 1 aromatic heterocycles. The summed E-state index contributed by atoms with van der Waals surface area (Å²) in [5, 5.41) is 1.06. The lowest BCUT2D eigenvalue weighted by Gasteiger charge is -2.45. The van der Waals surface area contributed by atoms with E-state index in [-0.39, 0.29) is 18.2 Å². The molecule has 2 aromatic carbocycles. The summed E-state index contributed by atoms with van der Waals surface area (Å²) in [6, 6.07) is 14.8. The average molecular weight is 434 g/mol. The van der Waals surface area contributed by atoms with Crippen LogP contribution in [0, 0.1) is 12.8 Å². The van der Waals surface area contributed by atoms with Crippen molar-refractivity contribution < 1.29 is 9.53 Å². The Hall–Kier alpha value is -2.44. The van der Waals surface area contributed by atoms with Crippen LogP contribution in [0.25, 0.3) is 10.2 Å². The lowest BCUT2D eigenvalue weighted by atomic mass is 9.86. The molecule has 1 amide bonds. The minimum atomic E-state index is -0.168. The lowest BCUT2D eigenvalue weighted by Crippen LogP contribution is -2.53. The topological polar surface area (TPSA) is 45.7 Å². The molecule has 4 aliphatic heterocycles. The van der Waals surface area contributed by atoms with Gasteiger partial charge in [0.05, 0.1) is 21.3 Å². The van der Waals surface area contributed by atoms with Crippen molar-refractivity contribution in [2.45, 2.75) is 38.3 Å². The number of ether oxygens (including phenoxy) is 1. The quantitative estimate of drug-likeness (QED) is 0.583. The van der Waals surface area contributed by atoms with Crippen molar-refractivity contribution in [3.63, 3.8) is 0 Å². The molecule has 2 bridgehead atoms. The van der Waals surface area contributed by atoms with Crippen LogP contribution < -0.4 is 0 Å². The zero-order chi connectivity index (χ0) is 20.9. The van der Waals surface area contributed by atoms with E-state index in [2.05, 4.69) is 52.3 Å². The second kappa shape index (κ2) is 7.61. The number of piperidine rings is 3. The number of carbonyl (C=O) groups excluding carboxylic acids is 1. The molecule has 5 heterocycles. The van der Waals surface area contributed by atoms with Gasteiger partial charge in [0.25, 0.3) is 0 Å². The van der Waals surface area contributed by atoms with Crippen LogP contribution >= 0.6 is 11.3 Å². The van der Waals surface area contributed by atoms with E-state index >= 15 is 0 Å². The predicted octanol–water partition coefficient (Wildman–Crippen LogP) is 4.78. The minimum absolute atomic E-state index is 0.0273. The van der Waals surface area contributed by atoms with Crippen molar-refractivity contribution in [1.29, 1.82) is 0 Å². The maximum Gasteiger partial charge on any atom is 0.410 e. The molecule has 7 rings (SSSR count). The highest BCUT2D eigenvalue weighted by Crippen LogP contribution is 2.38. The Labute approximate surface area is 186 Å². The molecule has 0 spiro atoms. The van der Waals surface area contributed by atoms with Gasteiger partial charge in [-0.3, -0.25) is 9.80 Å². The van der Waals surface area contributed by atoms with Gasteiger partial charge in [-0.05, 0) is 74.0 Å². The van der Waals surface area contributed by atoms with Crippen molar-refractivity contribution >= 4 is 27.6 Å². The number of fused-ring (bicyclic) bond motifs is 5. The van der Waals surface area contributed by atoms with E-state index in [4.69, 9.17) is 4.74 Å². The Balaban J connectivity index is 1.35. The van der Waals surface area contributed by atoms with Crippen LogP contribution in [-0.2, 0) is 11.2 Å². The third-order valence-corrected chi connectivity index (χ3v) is 8.14. The van der Waals surface area contributed by atoms with Crippen LogP contribution in [0.5, 0.6) is 0 Å². The third-order valence-electron chi connectivity index (χ3n) is 7.20. The number of carbonyl (C=O) groups is 1. The summed E-state index contributed by atoms with van der Waals surface area (Å²) in [5.74, 6) is 0.515. The van der Waals surface area contributed by atoms with E-state index in [0.29, 0.717) is 12.5 Å². The molecule has 0 aliphatic carbocycles. The molecule has 3 saturated heterocycles. The van der Waals surface area contributed by atoms with E-state index in [1.54, 1.807) is 11.3 Å². The van der Waals surface area contributed by atoms with Gasteiger partial charge in [-0.1, -0.05) is 30.3 Å². The average Bonchev–Trinajstić information content (AvgIpc) is 3.18. The van der Waals surface area contributed by atoms with Crippen molar-refractivity contribution in [2.24, 2.45) is 5.92 Å². The fraction of sp³-hybridized carbons (Fsp3) is 0.440. The number of amides is 1. The third kappa shape index (κ3) is 3.42. The van der Waals surface area contributed by atoms with E-state index in [1.807, 2.05) is 11.8 Å². The molecule has 0 radical (unpaired) electrons. The first-order valence-electron chi connectivity index (χ1n) is 11.3. The Kier molecular flexibility index (Phi) is 4.73. The Morgan fingerprint density at radius 3 is 2.77 bits per heavy atom. The van der Waals surface area contributed by atoms with E-state index in [1.165, 1.54) is 15.8 Å². The van der Waals surface area contributed by atoms with E-state index in [9.17, 15) is 4.79 Å². The molecule has 4 aliphatic rings. The first-order valence-corrected chi connectivity index (χ1v) is 12.1. The van der Waals surface area contributed by atoms with E-state index < -0.39 is 0 Å². The number of nitrogens with zero attached hydrogens (tertiary/aromatic N) is 3. The van der Waals surface area contributed by atoms with Crippen molar-refractivity contribution in [2.75, 3.05) is 26.2 Å². The normalized spacial score (nSPS) is 27.3. The molecule has 6 heteroatoms. The highest BCUT2D eigenvalue weighted by atomic mass is 32.1. The number of hydrogen-bond acceptors (Lipinski definition) is 5. The molecule has 5 nitrogen and oxygen atoms in total. The summed E-state index contributed by atoms with van der Waals surface area (Å²) in [6.45, 7) is 5.90. The first kappa shape index (κ1) is 19.3. The smallest absolute Gasteiger partial charge is 0.410 e. The summed E-state index contributed by atoms with van der Waals surface area (Å²) in [6.07, 6.45) is 3.01. The van der Waals surface area contributed by atoms with Gasteiger partial charge in [-0.2, -0.15) is 0 Å². The van der Waals surface area contributed by atoms with Gasteiger partial charge in [0.15, 0.2) is 0 Å². The first-order chi connectivity index (χ1) is 15.2. The largest absolute Gasteiger partial charge is 0.444 e. The predicted molar refractivity (Wildman–Crippen MR) is 122 cm³/mol. The van der Waals surface area contributed by atoms with Gasteiger partial charge in [0, 0.05) is 13.1 Å². The van der Waals surface area contributed by atoms with Crippen LogP contribution in [0.15, 0.2) is 42.5 Å². The van der Waals surface area contributed by atoms with Crippen LogP contribution in [0.3, 0.4) is 0 Å². The zero-order valence-electron chi connectivity index (χ0n) is 17.8. The van der Waals surface area contributed by atoms with Gasteiger partial charge >= 0.3 is 6.09 Å². The molecular weight excluding hydrogens is 406 g/mol. The van der Waals surface area contributed by atoms with Gasteiger partial charge in [0.2, 0.25) is 0 Å². The molecule has 0 unspecified atom stereocenters. The Morgan fingerprint density at radius 2 is 1.97 bits per heavy atom. The molecule has 0 saturated carbocycles. The summed E-state index contributed by atoms with van der Waals surface area (Å²) in [7, 11) is 0. The number of hydrogen-bond donors (Lipinski definition) is 0. The van der Waals surface area contributed by atoms with Crippen molar-refractivity contribution in [1.82, 2.24) is 14.8 Å². The Morgan fingerprint density at radius 1 is 1.13 bits per heavy atom. The molecule has 160 valence electrons. The van der Waals surface area contributed by atoms with Crippen LogP contribution in [0.4, 0.5) is 4.79 Å². The van der Waals surface area contributed by atoms with Crippen LogP contribution in [0.1, 0.15) is 40.6 Å². The van der Waals surface area contributed by atoms with Crippen LogP contribution in [0.2, 0.25) is 0 Å². The van der Waals surface area contributed by atoms with Gasteiger partial charge < -0.3 is 4.74 Å². The molecule has 31 heavy (non-hydrogen) atoms. The summed E-state index contributed by atoms with van der Waals surface area (Å²) < 4.78 is 7.33. The van der Waals surface area contributed by atoms with E-state index in [0.717, 1.165) is 55.0 Å². The number of rotatable bonds is 2. The maximum atomic E-state index is 13.5. The monoisotopic (exact) mass is 433 g/mol. The van der Waals surface area contributed by atoms with Gasteiger partial charge in [0.1, 0.15) is 6.10 Å². The molecule has 2 atom stereocenters. The lowest BCUT2D eigenvalue weighted by molar-refractivity contribution is -0.0462. The SMILES string of the molecule is Cc1nc2ccc([C@H]3c4ccccc4CCN3C(=O)O[C@@H]3CN4CCC3CC4)cc2s1. The summed E-state index contributed by atoms with van der Waals surface area (Å²) in [4.78, 5) is 22.5. The van der Waals surface area contributed by atoms with Gasteiger partial charge in [-0.25, -0.2) is 9.78 Å². The zero-order valence-corrected chi connectivity index (χ0v) is 18.6. The van der Waals surface area contributed by atoms with Gasteiger partial charge in [-0.15, -0.1) is 11.3 Å². The molecule has 3 fully saturated rings. The highest BCUT2D eigenvalue weighted by Gasteiger charge is 2.39. The molecular formula is C25H27N3O2S. The Bertz CT molecular complexity index is 1130. The van der Waals surface area contributed by atoms with Crippen molar-refractivity contribution in [3.05, 3.63) is 64.2 Å². The summed E-state index contributed by atoms with van der Waals surface area (Å²) in [5.41, 5.74) is 4.69. The standard InChI is InChI=1S/C25H27N3O2S/c1-16-26-21-7-6-19(14-23(21)31-16)24-20-5-3-2-4-17(20)10-13-28(24)25(29)30-22-15-27-11-8-18(22)9-12-27/h2-7,14,18,22,24H,8-13,15H2,1H3/t22-,24+/m1/s1. The molecule has 3 aromatic rings. The fourth-order valence-electron chi connectivity index (χ4n) is 5.59. The summed E-state index contributed by atoms with van der Waals surface area (Å²) >= 11 is 1.71. The minimum Gasteiger partial charge on any atom is -0.444 e. The number of benzene rings is 2. The highest BCUT2D eigenvalue weighted by molar-refractivity contribution is 7.18. The maximum absolute atomic E-state index is 13.5.